The van der Waals surface area contributed by atoms with Crippen LogP contribution in [0.3, 0.4) is 0 Å². The van der Waals surface area contributed by atoms with E-state index >= 15 is 0 Å². The highest BCUT2D eigenvalue weighted by atomic mass is 16.1. The number of carbonyl (C=O) groups is 1. The summed E-state index contributed by atoms with van der Waals surface area (Å²) in [6, 6.07) is 7.46. The Labute approximate surface area is 102 Å². The normalized spacial score (nSPS) is 10.9. The van der Waals surface area contributed by atoms with Crippen LogP contribution in [0.15, 0.2) is 30.5 Å². The highest BCUT2D eigenvalue weighted by Crippen LogP contribution is 2.23. The van der Waals surface area contributed by atoms with Crippen molar-refractivity contribution >= 4 is 16.9 Å². The lowest BCUT2D eigenvalue weighted by Gasteiger charge is -1.96. The van der Waals surface area contributed by atoms with Crippen LogP contribution in [0.2, 0.25) is 0 Å². The minimum Gasteiger partial charge on any atom is -0.364 e. The van der Waals surface area contributed by atoms with Crippen molar-refractivity contribution in [2.24, 2.45) is 12.8 Å². The van der Waals surface area contributed by atoms with E-state index in [-0.39, 0.29) is 5.69 Å². The van der Waals surface area contributed by atoms with E-state index in [0.717, 1.165) is 22.4 Å². The van der Waals surface area contributed by atoms with Crippen LogP contribution in [0.1, 0.15) is 10.5 Å². The van der Waals surface area contributed by atoms with Gasteiger partial charge in [-0.05, 0) is 24.3 Å². The molecule has 1 amide bonds. The van der Waals surface area contributed by atoms with Gasteiger partial charge in [0, 0.05) is 18.6 Å². The lowest BCUT2D eigenvalue weighted by atomic mass is 10.2. The van der Waals surface area contributed by atoms with E-state index in [0.29, 0.717) is 0 Å². The van der Waals surface area contributed by atoms with Gasteiger partial charge in [-0.3, -0.25) is 9.48 Å². The van der Waals surface area contributed by atoms with Crippen molar-refractivity contribution in [3.63, 3.8) is 0 Å². The predicted octanol–water partition coefficient (Wildman–Crippen LogP) is 1.06. The third-order valence-corrected chi connectivity index (χ3v) is 2.80. The first-order chi connectivity index (χ1) is 8.65. The standard InChI is InChI=1S/C12H11N5O/c1-17-10(6-9(16-17)11(13)18)8-5-7-3-2-4-14-12(7)15-8/h2-6H,1H3,(H2,13,18)(H,14,15). The first kappa shape index (κ1) is 10.5. The molecular formula is C12H11N5O. The van der Waals surface area contributed by atoms with Gasteiger partial charge >= 0.3 is 0 Å². The molecule has 0 spiro atoms. The summed E-state index contributed by atoms with van der Waals surface area (Å²) in [6.07, 6.45) is 1.72. The van der Waals surface area contributed by atoms with E-state index in [1.807, 2.05) is 18.2 Å². The van der Waals surface area contributed by atoms with Crippen LogP contribution in [-0.2, 0) is 7.05 Å². The molecule has 0 aliphatic carbocycles. The zero-order valence-electron chi connectivity index (χ0n) is 9.71. The zero-order chi connectivity index (χ0) is 12.7. The highest BCUT2D eigenvalue weighted by molar-refractivity contribution is 5.92. The minimum atomic E-state index is -0.536. The van der Waals surface area contributed by atoms with Crippen LogP contribution in [0.4, 0.5) is 0 Å². The van der Waals surface area contributed by atoms with Crippen molar-refractivity contribution in [2.75, 3.05) is 0 Å². The number of nitrogens with one attached hydrogen (secondary N) is 1. The molecule has 0 atom stereocenters. The maximum absolute atomic E-state index is 11.1. The van der Waals surface area contributed by atoms with Gasteiger partial charge in [0.1, 0.15) is 5.65 Å². The van der Waals surface area contributed by atoms with E-state index < -0.39 is 5.91 Å². The Bertz CT molecular complexity index is 707. The number of nitrogens with two attached hydrogens (primary N) is 1. The van der Waals surface area contributed by atoms with Gasteiger partial charge in [-0.15, -0.1) is 0 Å². The first-order valence-corrected chi connectivity index (χ1v) is 5.43. The van der Waals surface area contributed by atoms with Crippen molar-refractivity contribution in [1.29, 1.82) is 0 Å². The van der Waals surface area contributed by atoms with Gasteiger partial charge in [-0.25, -0.2) is 4.98 Å². The molecule has 3 aromatic heterocycles. The fourth-order valence-electron chi connectivity index (χ4n) is 1.94. The molecule has 0 radical (unpaired) electrons. The third-order valence-electron chi connectivity index (χ3n) is 2.80. The molecule has 3 N–H and O–H groups in total. The van der Waals surface area contributed by atoms with Crippen LogP contribution in [-0.4, -0.2) is 25.7 Å². The smallest absolute Gasteiger partial charge is 0.269 e. The molecule has 0 bridgehead atoms. The zero-order valence-corrected chi connectivity index (χ0v) is 9.71. The second-order valence-electron chi connectivity index (χ2n) is 4.03. The van der Waals surface area contributed by atoms with Crippen molar-refractivity contribution in [3.8, 4) is 11.4 Å². The average Bonchev–Trinajstić information content (AvgIpc) is 2.91. The maximum Gasteiger partial charge on any atom is 0.269 e. The van der Waals surface area contributed by atoms with Crippen LogP contribution in [0.5, 0.6) is 0 Å². The summed E-state index contributed by atoms with van der Waals surface area (Å²) in [7, 11) is 1.76. The number of H-pyrrole nitrogens is 1. The fourth-order valence-corrected chi connectivity index (χ4v) is 1.94. The third kappa shape index (κ3) is 1.55. The number of hydrogen-bond donors (Lipinski definition) is 2. The van der Waals surface area contributed by atoms with Gasteiger partial charge in [-0.2, -0.15) is 5.10 Å². The molecule has 0 aromatic carbocycles. The number of amides is 1. The second-order valence-corrected chi connectivity index (χ2v) is 4.03. The van der Waals surface area contributed by atoms with E-state index in [1.54, 1.807) is 24.0 Å². The Hall–Kier alpha value is -2.63. The number of rotatable bonds is 2. The molecule has 0 unspecified atom stereocenters. The molecule has 0 aliphatic heterocycles. The largest absolute Gasteiger partial charge is 0.364 e. The van der Waals surface area contributed by atoms with E-state index in [4.69, 9.17) is 5.73 Å². The van der Waals surface area contributed by atoms with Gasteiger partial charge in [-0.1, -0.05) is 0 Å². The van der Waals surface area contributed by atoms with Crippen LogP contribution in [0, 0.1) is 0 Å². The maximum atomic E-state index is 11.1. The number of nitrogens with zero attached hydrogens (tertiary/aromatic N) is 3. The number of pyridine rings is 1. The molecule has 0 saturated heterocycles. The number of fused-ring (bicyclic) bond motifs is 1. The fraction of sp³-hybridized carbons (Fsp3) is 0.0833. The van der Waals surface area contributed by atoms with Crippen LogP contribution in [0.25, 0.3) is 22.4 Å². The van der Waals surface area contributed by atoms with Crippen LogP contribution >= 0.6 is 0 Å². The van der Waals surface area contributed by atoms with Gasteiger partial charge in [0.15, 0.2) is 5.69 Å². The second kappa shape index (κ2) is 3.69. The van der Waals surface area contributed by atoms with Gasteiger partial charge in [0.05, 0.1) is 11.4 Å². The molecule has 0 fully saturated rings. The molecule has 90 valence electrons. The Kier molecular flexibility index (Phi) is 2.16. The topological polar surface area (TPSA) is 89.6 Å². The van der Waals surface area contributed by atoms with E-state index in [2.05, 4.69) is 15.1 Å². The number of hydrogen-bond acceptors (Lipinski definition) is 3. The van der Waals surface area contributed by atoms with Crippen LogP contribution < -0.4 is 5.73 Å². The molecule has 3 aromatic rings. The summed E-state index contributed by atoms with van der Waals surface area (Å²) < 4.78 is 1.62. The van der Waals surface area contributed by atoms with Gasteiger partial charge < -0.3 is 10.7 Å². The summed E-state index contributed by atoms with van der Waals surface area (Å²) in [4.78, 5) is 18.5. The SMILES string of the molecule is Cn1nc(C(N)=O)cc1-c1cc2cccnc2[nH]1. The van der Waals surface area contributed by atoms with Gasteiger partial charge in [0.25, 0.3) is 5.91 Å². The van der Waals surface area contributed by atoms with Gasteiger partial charge in [0.2, 0.25) is 0 Å². The van der Waals surface area contributed by atoms with E-state index in [1.165, 1.54) is 0 Å². The monoisotopic (exact) mass is 241 g/mol. The molecule has 3 heterocycles. The molecule has 0 aliphatic rings. The molecule has 6 nitrogen and oxygen atoms in total. The number of aryl methyl sites for hydroxylation is 1. The Morgan fingerprint density at radius 2 is 2.28 bits per heavy atom. The number of aromatic amines is 1. The average molecular weight is 241 g/mol. The quantitative estimate of drug-likeness (QED) is 0.703. The summed E-state index contributed by atoms with van der Waals surface area (Å²) >= 11 is 0. The molecule has 3 rings (SSSR count). The molecule has 0 saturated carbocycles. The lowest BCUT2D eigenvalue weighted by molar-refractivity contribution is 0.0995. The van der Waals surface area contributed by atoms with Crippen molar-refractivity contribution in [1.82, 2.24) is 19.7 Å². The van der Waals surface area contributed by atoms with Crippen molar-refractivity contribution in [2.45, 2.75) is 0 Å². The van der Waals surface area contributed by atoms with E-state index in [9.17, 15) is 4.79 Å². The van der Waals surface area contributed by atoms with Crippen molar-refractivity contribution in [3.05, 3.63) is 36.2 Å². The minimum absolute atomic E-state index is 0.249. The summed E-state index contributed by atoms with van der Waals surface area (Å²) in [5, 5.41) is 5.07. The number of carbonyl (C=O) groups excluding carboxylic acids is 1. The molecular weight excluding hydrogens is 230 g/mol. The molecule has 6 heteroatoms. The number of primary amides is 1. The predicted molar refractivity (Wildman–Crippen MR) is 66.8 cm³/mol. The summed E-state index contributed by atoms with van der Waals surface area (Å²) in [5.74, 6) is -0.536. The first-order valence-electron chi connectivity index (χ1n) is 5.43. The Balaban J connectivity index is 2.16. The lowest BCUT2D eigenvalue weighted by Crippen LogP contribution is -2.11. The molecule has 18 heavy (non-hydrogen) atoms. The Morgan fingerprint density at radius 3 is 2.94 bits per heavy atom. The Morgan fingerprint density at radius 1 is 1.44 bits per heavy atom. The number of aromatic nitrogens is 4. The van der Waals surface area contributed by atoms with Crippen molar-refractivity contribution < 1.29 is 4.79 Å². The summed E-state index contributed by atoms with van der Waals surface area (Å²) in [6.45, 7) is 0. The highest BCUT2D eigenvalue weighted by Gasteiger charge is 2.13. The summed E-state index contributed by atoms with van der Waals surface area (Å²) in [5.41, 5.74) is 7.91.